The predicted octanol–water partition coefficient (Wildman–Crippen LogP) is 0.211. The fourth-order valence-corrected chi connectivity index (χ4v) is 0.555. The summed E-state index contributed by atoms with van der Waals surface area (Å²) in [4.78, 5) is 0. The van der Waals surface area contributed by atoms with Crippen LogP contribution in [0.25, 0.3) is 0 Å². The summed E-state index contributed by atoms with van der Waals surface area (Å²) in [5.41, 5.74) is 0. The Hall–Kier alpha value is -0.370. The Kier molecular flexibility index (Phi) is 5.52. The Bertz CT molecular complexity index is 127. The van der Waals surface area contributed by atoms with Gasteiger partial charge in [-0.05, 0) is 6.42 Å². The first-order chi connectivity index (χ1) is 4.27. The van der Waals surface area contributed by atoms with Gasteiger partial charge in [0.25, 0.3) is 0 Å². The normalized spacial score (nSPS) is 12.4. The Labute approximate surface area is 56.9 Å². The van der Waals surface area contributed by atoms with Crippen LogP contribution >= 0.6 is 0 Å². The van der Waals surface area contributed by atoms with Gasteiger partial charge in [0.2, 0.25) is 0 Å². The Morgan fingerprint density at radius 1 is 1.78 bits per heavy atom. The Morgan fingerprint density at radius 3 is 2.89 bits per heavy atom. The van der Waals surface area contributed by atoms with Crippen molar-refractivity contribution in [1.82, 2.24) is 0 Å². The molecule has 3 nitrogen and oxygen atoms in total. The van der Waals surface area contributed by atoms with Crippen molar-refractivity contribution in [3.63, 3.8) is 0 Å². The van der Waals surface area contributed by atoms with Crippen LogP contribution in [0, 0.1) is 12.3 Å². The van der Waals surface area contributed by atoms with Crippen molar-refractivity contribution in [2.24, 2.45) is 0 Å². The number of terminal acetylenes is 1. The zero-order valence-corrected chi connectivity index (χ0v) is 5.65. The van der Waals surface area contributed by atoms with E-state index in [4.69, 9.17) is 6.42 Å². The molecule has 0 aromatic heterocycles. The molecule has 0 rings (SSSR count). The average molecular weight is 147 g/mol. The van der Waals surface area contributed by atoms with Gasteiger partial charge in [-0.15, -0.1) is 12.3 Å². The fourth-order valence-electron chi connectivity index (χ4n) is 0.301. The van der Waals surface area contributed by atoms with E-state index in [0.29, 0.717) is 12.8 Å². The van der Waals surface area contributed by atoms with Crippen molar-refractivity contribution in [2.45, 2.75) is 12.8 Å². The van der Waals surface area contributed by atoms with Crippen LogP contribution in [-0.2, 0) is 15.5 Å². The molecule has 52 valence electrons. The lowest BCUT2D eigenvalue weighted by Crippen LogP contribution is -1.96. The number of rotatable bonds is 4. The third kappa shape index (κ3) is 7.63. The van der Waals surface area contributed by atoms with Crippen LogP contribution in [0.1, 0.15) is 12.8 Å². The Morgan fingerprint density at radius 2 is 2.44 bits per heavy atom. The third-order valence-electron chi connectivity index (χ3n) is 0.645. The molecule has 0 amide bonds. The summed E-state index contributed by atoms with van der Waals surface area (Å²) in [5, 5.41) is 0. The zero-order chi connectivity index (χ0) is 7.11. The summed E-state index contributed by atoms with van der Waals surface area (Å²) in [6.45, 7) is 0.181. The van der Waals surface area contributed by atoms with Gasteiger partial charge in [0.1, 0.15) is 0 Å². The van der Waals surface area contributed by atoms with Gasteiger partial charge in [0, 0.05) is 6.42 Å². The monoisotopic (exact) mass is 147 g/mol. The highest BCUT2D eigenvalue weighted by Crippen LogP contribution is 1.88. The van der Waals surface area contributed by atoms with E-state index in [1.54, 1.807) is 0 Å². The van der Waals surface area contributed by atoms with Gasteiger partial charge < -0.3 is 8.74 Å². The van der Waals surface area contributed by atoms with Crippen molar-refractivity contribution < 1.29 is 12.9 Å². The standard InChI is InChI=1S/C5H8O3S/c1-2-3-4-5-8-9(6)7/h1H,3-5H2,(H,6,7)/p-1. The minimum Gasteiger partial charge on any atom is -0.750 e. The lowest BCUT2D eigenvalue weighted by atomic mass is 10.3. The molecule has 0 aliphatic rings. The molecule has 0 saturated heterocycles. The molecule has 0 aliphatic heterocycles. The average Bonchev–Trinajstić information content (AvgIpc) is 1.80. The van der Waals surface area contributed by atoms with Crippen molar-refractivity contribution in [3.05, 3.63) is 0 Å². The first kappa shape index (κ1) is 8.63. The lowest BCUT2D eigenvalue weighted by molar-refractivity contribution is 0.297. The number of unbranched alkanes of at least 4 members (excludes halogenated alkanes) is 1. The highest BCUT2D eigenvalue weighted by molar-refractivity contribution is 7.74. The molecule has 0 bridgehead atoms. The molecule has 0 heterocycles. The molecule has 9 heavy (non-hydrogen) atoms. The molecule has 4 heteroatoms. The van der Waals surface area contributed by atoms with E-state index in [2.05, 4.69) is 10.1 Å². The van der Waals surface area contributed by atoms with E-state index in [1.807, 2.05) is 0 Å². The molecular weight excluding hydrogens is 140 g/mol. The van der Waals surface area contributed by atoms with Gasteiger partial charge in [0.15, 0.2) is 0 Å². The second-order valence-corrected chi connectivity index (χ2v) is 1.98. The number of hydrogen-bond acceptors (Lipinski definition) is 3. The maximum atomic E-state index is 9.69. The molecular formula is C5H7O3S-. The quantitative estimate of drug-likeness (QED) is 0.324. The van der Waals surface area contributed by atoms with Crippen LogP contribution < -0.4 is 0 Å². The molecule has 0 spiro atoms. The summed E-state index contributed by atoms with van der Waals surface area (Å²) in [6.07, 6.45) is 6.03. The van der Waals surface area contributed by atoms with E-state index in [9.17, 15) is 8.76 Å². The molecule has 0 aromatic carbocycles. The van der Waals surface area contributed by atoms with Crippen molar-refractivity contribution in [1.29, 1.82) is 0 Å². The zero-order valence-electron chi connectivity index (χ0n) is 4.83. The van der Waals surface area contributed by atoms with Crippen LogP contribution in [0.5, 0.6) is 0 Å². The molecule has 0 aromatic rings. The van der Waals surface area contributed by atoms with Crippen LogP contribution in [0.15, 0.2) is 0 Å². The highest BCUT2D eigenvalue weighted by atomic mass is 32.2. The molecule has 0 aliphatic carbocycles. The van der Waals surface area contributed by atoms with E-state index in [-0.39, 0.29) is 6.61 Å². The largest absolute Gasteiger partial charge is 0.750 e. The van der Waals surface area contributed by atoms with Gasteiger partial charge in [0.05, 0.1) is 18.0 Å². The van der Waals surface area contributed by atoms with Gasteiger partial charge in [-0.1, -0.05) is 0 Å². The summed E-state index contributed by atoms with van der Waals surface area (Å²) in [7, 11) is 0. The minimum absolute atomic E-state index is 0.181. The summed E-state index contributed by atoms with van der Waals surface area (Å²) in [5.74, 6) is 2.36. The summed E-state index contributed by atoms with van der Waals surface area (Å²) >= 11 is -2.39. The molecule has 0 N–H and O–H groups in total. The molecule has 1 unspecified atom stereocenters. The summed E-state index contributed by atoms with van der Waals surface area (Å²) < 4.78 is 23.5. The van der Waals surface area contributed by atoms with Crippen LogP contribution in [0.3, 0.4) is 0 Å². The van der Waals surface area contributed by atoms with Gasteiger partial charge >= 0.3 is 0 Å². The topological polar surface area (TPSA) is 49.4 Å². The van der Waals surface area contributed by atoms with Crippen LogP contribution in [-0.4, -0.2) is 15.4 Å². The van der Waals surface area contributed by atoms with Gasteiger partial charge in [-0.2, -0.15) is 0 Å². The molecule has 0 fully saturated rings. The smallest absolute Gasteiger partial charge is 0.0842 e. The van der Waals surface area contributed by atoms with Crippen LogP contribution in [0.2, 0.25) is 0 Å². The molecule has 0 radical (unpaired) electrons. The first-order valence-corrected chi connectivity index (χ1v) is 3.43. The second kappa shape index (κ2) is 5.76. The SMILES string of the molecule is C#CCCCOS(=O)[O-]. The van der Waals surface area contributed by atoms with E-state index in [1.165, 1.54) is 0 Å². The van der Waals surface area contributed by atoms with Gasteiger partial charge in [-0.3, -0.25) is 0 Å². The van der Waals surface area contributed by atoms with Crippen molar-refractivity contribution in [2.75, 3.05) is 6.61 Å². The van der Waals surface area contributed by atoms with Crippen molar-refractivity contribution >= 4 is 11.4 Å². The molecule has 1 atom stereocenters. The van der Waals surface area contributed by atoms with E-state index in [0.717, 1.165) is 0 Å². The van der Waals surface area contributed by atoms with Gasteiger partial charge in [-0.25, -0.2) is 4.21 Å². The number of hydrogen-bond donors (Lipinski definition) is 0. The maximum absolute atomic E-state index is 9.69. The van der Waals surface area contributed by atoms with Crippen molar-refractivity contribution in [3.8, 4) is 12.3 Å². The first-order valence-electron chi connectivity index (χ1n) is 2.43. The van der Waals surface area contributed by atoms with E-state index >= 15 is 0 Å². The maximum Gasteiger partial charge on any atom is 0.0842 e. The summed E-state index contributed by atoms with van der Waals surface area (Å²) in [6, 6.07) is 0. The lowest BCUT2D eigenvalue weighted by Gasteiger charge is -2.02. The van der Waals surface area contributed by atoms with E-state index < -0.39 is 11.4 Å². The predicted molar refractivity (Wildman–Crippen MR) is 32.9 cm³/mol. The minimum atomic E-state index is -2.39. The van der Waals surface area contributed by atoms with Crippen LogP contribution in [0.4, 0.5) is 0 Å². The highest BCUT2D eigenvalue weighted by Gasteiger charge is 1.83. The second-order valence-electron chi connectivity index (χ2n) is 1.33. The Balaban J connectivity index is 2.94. The fraction of sp³-hybridized carbons (Fsp3) is 0.600. The molecule has 0 saturated carbocycles. The third-order valence-corrected chi connectivity index (χ3v) is 1.00.